The molecule has 1 aliphatic carbocycles. The highest BCUT2D eigenvalue weighted by atomic mass is 16.2. The van der Waals surface area contributed by atoms with E-state index in [0.717, 1.165) is 19.3 Å². The second-order valence-electron chi connectivity index (χ2n) is 7.86. The standard InChI is InChI=1S/C15H26N2O2/c1-14(2,3)9-15(4,5)17-8-11(18)16-12(13(17)19)10-6-7-10/h10,12H,6-9H2,1-5H3,(H,16,18). The van der Waals surface area contributed by atoms with E-state index in [4.69, 9.17) is 0 Å². The normalized spacial score (nSPS) is 25.5. The molecular weight excluding hydrogens is 240 g/mol. The third-order valence-electron chi connectivity index (χ3n) is 3.94. The third-order valence-corrected chi connectivity index (χ3v) is 3.94. The van der Waals surface area contributed by atoms with Gasteiger partial charge in [0.25, 0.3) is 0 Å². The number of hydrogen-bond donors (Lipinski definition) is 1. The molecule has 1 saturated carbocycles. The molecule has 0 bridgehead atoms. The Balaban J connectivity index is 2.16. The molecule has 0 aromatic heterocycles. The van der Waals surface area contributed by atoms with Gasteiger partial charge in [-0.15, -0.1) is 0 Å². The Morgan fingerprint density at radius 2 is 1.74 bits per heavy atom. The van der Waals surface area contributed by atoms with Gasteiger partial charge in [0.2, 0.25) is 11.8 Å². The van der Waals surface area contributed by atoms with E-state index in [1.54, 1.807) is 4.90 Å². The molecule has 0 aromatic carbocycles. The van der Waals surface area contributed by atoms with Crippen LogP contribution in [0.25, 0.3) is 0 Å². The second-order valence-corrected chi connectivity index (χ2v) is 7.86. The minimum absolute atomic E-state index is 0.0153. The van der Waals surface area contributed by atoms with Crippen LogP contribution in [0.3, 0.4) is 0 Å². The summed E-state index contributed by atoms with van der Waals surface area (Å²) in [5.74, 6) is 0.458. The number of rotatable bonds is 3. The molecule has 19 heavy (non-hydrogen) atoms. The molecule has 1 atom stereocenters. The van der Waals surface area contributed by atoms with E-state index in [1.165, 1.54) is 0 Å². The van der Waals surface area contributed by atoms with Crippen LogP contribution in [0, 0.1) is 11.3 Å². The molecular formula is C15H26N2O2. The first-order valence-electron chi connectivity index (χ1n) is 7.21. The summed E-state index contributed by atoms with van der Waals surface area (Å²) < 4.78 is 0. The zero-order valence-corrected chi connectivity index (χ0v) is 12.7. The van der Waals surface area contributed by atoms with E-state index < -0.39 is 0 Å². The van der Waals surface area contributed by atoms with Crippen molar-refractivity contribution in [1.29, 1.82) is 0 Å². The van der Waals surface area contributed by atoms with Crippen LogP contribution in [0.4, 0.5) is 0 Å². The van der Waals surface area contributed by atoms with Crippen LogP contribution >= 0.6 is 0 Å². The maximum absolute atomic E-state index is 12.6. The van der Waals surface area contributed by atoms with Gasteiger partial charge in [0.05, 0.1) is 0 Å². The van der Waals surface area contributed by atoms with Crippen LogP contribution in [0.15, 0.2) is 0 Å². The summed E-state index contributed by atoms with van der Waals surface area (Å²) in [7, 11) is 0. The van der Waals surface area contributed by atoms with E-state index in [-0.39, 0.29) is 35.4 Å². The third kappa shape index (κ3) is 3.28. The summed E-state index contributed by atoms with van der Waals surface area (Å²) in [6.45, 7) is 10.8. The van der Waals surface area contributed by atoms with Crippen molar-refractivity contribution in [2.24, 2.45) is 11.3 Å². The molecule has 2 amide bonds. The predicted molar refractivity (Wildman–Crippen MR) is 74.5 cm³/mol. The van der Waals surface area contributed by atoms with Crippen LogP contribution in [0.5, 0.6) is 0 Å². The maximum atomic E-state index is 12.6. The van der Waals surface area contributed by atoms with Crippen molar-refractivity contribution in [3.05, 3.63) is 0 Å². The van der Waals surface area contributed by atoms with Crippen molar-refractivity contribution in [3.63, 3.8) is 0 Å². The fourth-order valence-corrected chi connectivity index (χ4v) is 3.32. The van der Waals surface area contributed by atoms with Crippen molar-refractivity contribution in [3.8, 4) is 0 Å². The summed E-state index contributed by atoms with van der Waals surface area (Å²) in [4.78, 5) is 26.3. The van der Waals surface area contributed by atoms with Gasteiger partial charge in [-0.2, -0.15) is 0 Å². The summed E-state index contributed by atoms with van der Waals surface area (Å²) in [5, 5.41) is 2.86. The van der Waals surface area contributed by atoms with Crippen molar-refractivity contribution in [2.75, 3.05) is 6.54 Å². The average Bonchev–Trinajstić information content (AvgIpc) is 3.00. The monoisotopic (exact) mass is 266 g/mol. The molecule has 2 fully saturated rings. The quantitative estimate of drug-likeness (QED) is 0.848. The first-order valence-corrected chi connectivity index (χ1v) is 7.21. The number of nitrogens with zero attached hydrogens (tertiary/aromatic N) is 1. The van der Waals surface area contributed by atoms with Gasteiger partial charge in [0.1, 0.15) is 12.6 Å². The Morgan fingerprint density at radius 3 is 2.21 bits per heavy atom. The number of piperazine rings is 1. The Labute approximate surface area is 115 Å². The summed E-state index contributed by atoms with van der Waals surface area (Å²) >= 11 is 0. The fraction of sp³-hybridized carbons (Fsp3) is 0.867. The lowest BCUT2D eigenvalue weighted by Crippen LogP contribution is -2.64. The molecule has 1 N–H and O–H groups in total. The molecule has 0 spiro atoms. The number of amides is 2. The van der Waals surface area contributed by atoms with Gasteiger partial charge < -0.3 is 10.2 Å². The molecule has 108 valence electrons. The van der Waals surface area contributed by atoms with Crippen LogP contribution in [-0.4, -0.2) is 34.8 Å². The Bertz CT molecular complexity index is 391. The lowest BCUT2D eigenvalue weighted by molar-refractivity contribution is -0.151. The van der Waals surface area contributed by atoms with Gasteiger partial charge in [-0.25, -0.2) is 0 Å². The van der Waals surface area contributed by atoms with E-state index >= 15 is 0 Å². The van der Waals surface area contributed by atoms with Crippen LogP contribution in [0.1, 0.15) is 53.9 Å². The molecule has 2 aliphatic rings. The van der Waals surface area contributed by atoms with Gasteiger partial charge >= 0.3 is 0 Å². The first kappa shape index (κ1) is 14.4. The minimum Gasteiger partial charge on any atom is -0.342 e. The van der Waals surface area contributed by atoms with Crippen molar-refractivity contribution in [2.45, 2.75) is 65.5 Å². The van der Waals surface area contributed by atoms with Crippen LogP contribution < -0.4 is 5.32 Å². The van der Waals surface area contributed by atoms with Crippen LogP contribution in [-0.2, 0) is 9.59 Å². The van der Waals surface area contributed by atoms with Gasteiger partial charge in [-0.3, -0.25) is 9.59 Å². The highest BCUT2D eigenvalue weighted by Gasteiger charge is 2.47. The average molecular weight is 266 g/mol. The minimum atomic E-state index is -0.278. The van der Waals surface area contributed by atoms with Gasteiger partial charge in [-0.05, 0) is 44.4 Å². The van der Waals surface area contributed by atoms with Crippen molar-refractivity contribution < 1.29 is 9.59 Å². The van der Waals surface area contributed by atoms with Crippen molar-refractivity contribution in [1.82, 2.24) is 10.2 Å². The number of nitrogens with one attached hydrogen (secondary N) is 1. The fourth-order valence-electron chi connectivity index (χ4n) is 3.32. The highest BCUT2D eigenvalue weighted by molar-refractivity contribution is 5.95. The molecule has 0 aromatic rings. The molecule has 1 heterocycles. The Morgan fingerprint density at radius 1 is 1.16 bits per heavy atom. The molecule has 1 saturated heterocycles. The predicted octanol–water partition coefficient (Wildman–Crippen LogP) is 1.94. The van der Waals surface area contributed by atoms with E-state index in [0.29, 0.717) is 5.92 Å². The van der Waals surface area contributed by atoms with E-state index in [1.807, 2.05) is 0 Å². The lowest BCUT2D eigenvalue weighted by atomic mass is 9.80. The smallest absolute Gasteiger partial charge is 0.246 e. The van der Waals surface area contributed by atoms with Gasteiger partial charge in [-0.1, -0.05) is 20.8 Å². The summed E-state index contributed by atoms with van der Waals surface area (Å²) in [6, 6.07) is -0.277. The first-order chi connectivity index (χ1) is 8.60. The SMILES string of the molecule is CC(C)(C)CC(C)(C)N1CC(=O)NC(C2CC2)C1=O. The number of carbonyl (C=O) groups is 2. The number of carbonyl (C=O) groups excluding carboxylic acids is 2. The maximum Gasteiger partial charge on any atom is 0.246 e. The largest absolute Gasteiger partial charge is 0.342 e. The topological polar surface area (TPSA) is 49.4 Å². The summed E-state index contributed by atoms with van der Waals surface area (Å²) in [5.41, 5.74) is -0.146. The Hall–Kier alpha value is -1.06. The molecule has 2 rings (SSSR count). The van der Waals surface area contributed by atoms with Gasteiger partial charge in [0.15, 0.2) is 0 Å². The zero-order chi connectivity index (χ0) is 14.4. The van der Waals surface area contributed by atoms with Gasteiger partial charge in [0, 0.05) is 5.54 Å². The second kappa shape index (κ2) is 4.50. The molecule has 1 unspecified atom stereocenters. The molecule has 1 aliphatic heterocycles. The summed E-state index contributed by atoms with van der Waals surface area (Å²) in [6.07, 6.45) is 3.00. The van der Waals surface area contributed by atoms with E-state index in [2.05, 4.69) is 39.9 Å². The highest BCUT2D eigenvalue weighted by Crippen LogP contribution is 2.37. The molecule has 0 radical (unpaired) electrons. The zero-order valence-electron chi connectivity index (χ0n) is 12.7. The molecule has 4 nitrogen and oxygen atoms in total. The van der Waals surface area contributed by atoms with Crippen LogP contribution in [0.2, 0.25) is 0 Å². The lowest BCUT2D eigenvalue weighted by Gasteiger charge is -2.45. The van der Waals surface area contributed by atoms with Crippen molar-refractivity contribution >= 4 is 11.8 Å². The molecule has 4 heteroatoms. The Kier molecular flexibility index (Phi) is 3.40. The number of hydrogen-bond acceptors (Lipinski definition) is 2. The van der Waals surface area contributed by atoms with E-state index in [9.17, 15) is 9.59 Å².